The highest BCUT2D eigenvalue weighted by molar-refractivity contribution is 5.83. The molecule has 0 aromatic carbocycles. The van der Waals surface area contributed by atoms with Gasteiger partial charge < -0.3 is 52.5 Å². The molecule has 0 aromatic rings. The molecule has 2 saturated carbocycles. The quantitative estimate of drug-likeness (QED) is 0.0269. The number of carboxylic acid groups (broad SMARTS) is 1. The van der Waals surface area contributed by atoms with Gasteiger partial charge in [0.15, 0.2) is 0 Å². The van der Waals surface area contributed by atoms with E-state index >= 15 is 0 Å². The highest BCUT2D eigenvalue weighted by Gasteiger charge is 2.73. The predicted molar refractivity (Wildman–Crippen MR) is 274 cm³/mol. The van der Waals surface area contributed by atoms with Gasteiger partial charge in [0.2, 0.25) is 0 Å². The summed E-state index contributed by atoms with van der Waals surface area (Å²) in [6.45, 7) is 19.6. The molecular formula is C57H80O15. The molecule has 4 aliphatic heterocycles. The Morgan fingerprint density at radius 2 is 0.903 bits per heavy atom. The minimum atomic E-state index is -1.00. The number of rotatable bonds is 22. The molecule has 6 aliphatic rings. The van der Waals surface area contributed by atoms with Gasteiger partial charge in [-0.15, -0.1) is 0 Å². The van der Waals surface area contributed by atoms with E-state index in [0.717, 1.165) is 45.0 Å². The topological polar surface area (TPSA) is 194 Å². The zero-order valence-corrected chi connectivity index (χ0v) is 44.2. The van der Waals surface area contributed by atoms with E-state index in [4.69, 9.17) is 47.7 Å². The minimum absolute atomic E-state index is 0.000769. The van der Waals surface area contributed by atoms with E-state index in [1.54, 1.807) is 81.1 Å². The number of methoxy groups -OCH3 is 3. The van der Waals surface area contributed by atoms with Crippen LogP contribution in [0.4, 0.5) is 0 Å². The maximum Gasteiger partial charge on any atom is 0.331 e. The first-order chi connectivity index (χ1) is 34.4. The Balaban J connectivity index is 0.000000286. The lowest BCUT2D eigenvalue weighted by Gasteiger charge is -2.42. The van der Waals surface area contributed by atoms with Crippen molar-refractivity contribution in [2.24, 2.45) is 11.8 Å². The molecule has 12 atom stereocenters. The Morgan fingerprint density at radius 3 is 1.19 bits per heavy atom. The van der Waals surface area contributed by atoms with E-state index in [2.05, 4.69) is 58.4 Å². The van der Waals surface area contributed by atoms with Gasteiger partial charge in [0.05, 0.1) is 44.4 Å². The Labute approximate surface area is 427 Å². The van der Waals surface area contributed by atoms with Crippen molar-refractivity contribution in [1.29, 1.82) is 0 Å². The van der Waals surface area contributed by atoms with E-state index < -0.39 is 23.9 Å². The van der Waals surface area contributed by atoms with Crippen LogP contribution in [0, 0.1) is 11.8 Å². The first kappa shape index (κ1) is 59.6. The van der Waals surface area contributed by atoms with Gasteiger partial charge in [-0.2, -0.15) is 0 Å². The van der Waals surface area contributed by atoms with Gasteiger partial charge in [0, 0.05) is 51.7 Å². The molecule has 398 valence electrons. The Bertz CT molecular complexity index is 2110. The molecule has 0 unspecified atom stereocenters. The van der Waals surface area contributed by atoms with Crippen molar-refractivity contribution >= 4 is 23.9 Å². The third kappa shape index (κ3) is 17.6. The molecule has 4 saturated heterocycles. The SMILES string of the molecule is CCOCC.COC(=O)/C=C/C=C/C=C/C=C/C(=O)O[C@@H]1CC[C@]2(CO2)[C@@H]([C@@]2(C)O[C@@H]2CC=C(C)C)[C@@H]1OC.CO[C@@H]1[C@H](OC(=O)/C=C/C=C/C=C/C=C/C(=O)O)CC[C@]2(CO2)[C@H]1[C@@]1(C)O[C@@H]1CC=C(C)C. The van der Waals surface area contributed by atoms with Gasteiger partial charge in [-0.05, 0) is 93.9 Å². The second-order valence-corrected chi connectivity index (χ2v) is 19.3. The number of hydrogen-bond donors (Lipinski definition) is 1. The summed E-state index contributed by atoms with van der Waals surface area (Å²) in [5, 5.41) is 8.51. The summed E-state index contributed by atoms with van der Waals surface area (Å²) in [4.78, 5) is 46.2. The van der Waals surface area contributed by atoms with Gasteiger partial charge in [-0.3, -0.25) is 0 Å². The standard InChI is InChI=1S/C27H36O7.C26H34O7.C4H10O/c1-19(2)14-15-21-26(3,34-21)25-24(31-5)20(16-17-27(25)18-32-27)33-23(29)13-11-9-7-6-8-10-12-22(28)30-4;1-18(2)13-14-20-25(3,33-20)24-23(30-4)19(15-16-26(24)17-31-26)32-22(29)12-10-8-6-5-7-9-11-21(27)28;1-3-5-4-2/h6-14,20-21,24-25H,15-18H2,1-5H3;5-13,19-20,23-24H,14-17H2,1-4H3,(H,27,28);3-4H2,1-2H3/b8-6+,9-7+,12-10+,13-11+;7-5+,8-6+,11-9+,12-10+;/t20-,21-,24-,25-,26+,27+;19-,20-,23-,24-,25+,26+;/m11./s1. The van der Waals surface area contributed by atoms with Gasteiger partial charge in [0.1, 0.15) is 46.8 Å². The zero-order valence-electron chi connectivity index (χ0n) is 44.2. The molecule has 1 N–H and O–H groups in total. The number of carbonyl (C=O) groups is 4. The number of carbonyl (C=O) groups excluding carboxylic acids is 3. The van der Waals surface area contributed by atoms with Gasteiger partial charge in [-0.1, -0.05) is 96.2 Å². The predicted octanol–water partition coefficient (Wildman–Crippen LogP) is 8.96. The molecule has 0 bridgehead atoms. The molecule has 4 heterocycles. The summed E-state index contributed by atoms with van der Waals surface area (Å²) >= 11 is 0. The molecule has 0 radical (unpaired) electrons. The van der Waals surface area contributed by atoms with E-state index in [-0.39, 0.29) is 70.9 Å². The fourth-order valence-electron chi connectivity index (χ4n) is 9.84. The van der Waals surface area contributed by atoms with E-state index in [9.17, 15) is 19.2 Å². The maximum absolute atomic E-state index is 12.5. The fraction of sp³-hybridized carbons (Fsp3) is 0.579. The molecule has 15 heteroatoms. The molecular weight excluding hydrogens is 925 g/mol. The Morgan fingerprint density at radius 1 is 0.556 bits per heavy atom. The highest BCUT2D eigenvalue weighted by atomic mass is 16.6. The van der Waals surface area contributed by atoms with Crippen LogP contribution in [0.3, 0.4) is 0 Å². The third-order valence-electron chi connectivity index (χ3n) is 13.7. The molecule has 0 aromatic heterocycles. The average molecular weight is 1010 g/mol. The van der Waals surface area contributed by atoms with Crippen LogP contribution in [0.15, 0.2) is 121 Å². The number of epoxide rings is 4. The summed E-state index contributed by atoms with van der Waals surface area (Å²) in [7, 11) is 4.64. The zero-order chi connectivity index (χ0) is 53.0. The van der Waals surface area contributed by atoms with Crippen LogP contribution in [-0.2, 0) is 66.5 Å². The second-order valence-electron chi connectivity index (χ2n) is 19.3. The van der Waals surface area contributed by atoms with Gasteiger partial charge in [0.25, 0.3) is 0 Å². The summed E-state index contributed by atoms with van der Waals surface area (Å²) in [5.74, 6) is -2.28. The Hall–Kier alpha value is -5.00. The van der Waals surface area contributed by atoms with Crippen LogP contribution in [0.2, 0.25) is 0 Å². The van der Waals surface area contributed by atoms with Gasteiger partial charge in [-0.25, -0.2) is 19.2 Å². The van der Waals surface area contributed by atoms with Crippen molar-refractivity contribution in [3.63, 3.8) is 0 Å². The fourth-order valence-corrected chi connectivity index (χ4v) is 9.84. The van der Waals surface area contributed by atoms with Crippen molar-refractivity contribution in [1.82, 2.24) is 0 Å². The van der Waals surface area contributed by atoms with Crippen LogP contribution in [0.25, 0.3) is 0 Å². The molecule has 2 spiro atoms. The maximum atomic E-state index is 12.5. The summed E-state index contributed by atoms with van der Waals surface area (Å²) < 4.78 is 56.9. The number of carboxylic acids is 1. The van der Waals surface area contributed by atoms with Crippen molar-refractivity contribution in [2.45, 2.75) is 153 Å². The van der Waals surface area contributed by atoms with E-state index in [0.29, 0.717) is 26.1 Å². The highest BCUT2D eigenvalue weighted by Crippen LogP contribution is 2.61. The lowest BCUT2D eigenvalue weighted by Crippen LogP contribution is -2.55. The lowest BCUT2D eigenvalue weighted by molar-refractivity contribution is -0.167. The Kier molecular flexibility index (Phi) is 23.5. The van der Waals surface area contributed by atoms with Gasteiger partial charge >= 0.3 is 23.9 Å². The van der Waals surface area contributed by atoms with E-state index in [1.807, 2.05) is 13.8 Å². The second kappa shape index (κ2) is 28.5. The van der Waals surface area contributed by atoms with Crippen LogP contribution >= 0.6 is 0 Å². The van der Waals surface area contributed by atoms with E-state index in [1.165, 1.54) is 42.6 Å². The minimum Gasteiger partial charge on any atom is -0.478 e. The molecule has 0 amide bonds. The number of ether oxygens (including phenoxy) is 10. The summed E-state index contributed by atoms with van der Waals surface area (Å²) in [6, 6.07) is 0. The largest absolute Gasteiger partial charge is 0.478 e. The smallest absolute Gasteiger partial charge is 0.331 e. The van der Waals surface area contributed by atoms with Crippen LogP contribution in [0.1, 0.15) is 93.9 Å². The lowest BCUT2D eigenvalue weighted by atomic mass is 9.68. The van der Waals surface area contributed by atoms with Crippen molar-refractivity contribution in [3.05, 3.63) is 121 Å². The monoisotopic (exact) mass is 1000 g/mol. The van der Waals surface area contributed by atoms with Crippen LogP contribution < -0.4 is 0 Å². The molecule has 2 aliphatic carbocycles. The summed E-state index contributed by atoms with van der Waals surface area (Å²) in [6.07, 6.45) is 32.7. The first-order valence-electron chi connectivity index (χ1n) is 25.0. The summed E-state index contributed by atoms with van der Waals surface area (Å²) in [5.41, 5.74) is 1.30. The number of hydrogen-bond acceptors (Lipinski definition) is 14. The third-order valence-corrected chi connectivity index (χ3v) is 13.7. The number of allylic oxidation sites excluding steroid dienone is 14. The average Bonchev–Trinajstić information content (AvgIpc) is 4.23. The number of aliphatic carboxylic acids is 1. The van der Waals surface area contributed by atoms with Crippen molar-refractivity contribution in [3.8, 4) is 0 Å². The van der Waals surface area contributed by atoms with Crippen molar-refractivity contribution in [2.75, 3.05) is 47.8 Å². The first-order valence-corrected chi connectivity index (χ1v) is 25.0. The molecule has 15 nitrogen and oxygen atoms in total. The normalized spacial score (nSPS) is 33.4. The molecule has 72 heavy (non-hydrogen) atoms. The van der Waals surface area contributed by atoms with Crippen molar-refractivity contribution < 1.29 is 71.7 Å². The molecule has 6 fully saturated rings. The number of esters is 3. The van der Waals surface area contributed by atoms with Crippen LogP contribution in [0.5, 0.6) is 0 Å². The van der Waals surface area contributed by atoms with Crippen LogP contribution in [-0.4, -0.2) is 136 Å². The molecule has 6 rings (SSSR count).